The fourth-order valence-corrected chi connectivity index (χ4v) is 4.14. The van der Waals surface area contributed by atoms with Crippen molar-refractivity contribution in [2.45, 2.75) is 52.4 Å². The van der Waals surface area contributed by atoms with E-state index in [4.69, 9.17) is 9.41 Å². The molecule has 0 aliphatic carbocycles. The van der Waals surface area contributed by atoms with Gasteiger partial charge in [0.15, 0.2) is 5.96 Å². The molecule has 1 unspecified atom stereocenters. The Morgan fingerprint density at radius 1 is 1.13 bits per heavy atom. The average molecular weight is 412 g/mol. The van der Waals surface area contributed by atoms with Gasteiger partial charge >= 0.3 is 0 Å². The Bertz CT molecular complexity index is 774. The molecule has 1 aromatic heterocycles. The van der Waals surface area contributed by atoms with Crippen molar-refractivity contribution < 1.29 is 4.42 Å². The van der Waals surface area contributed by atoms with Crippen molar-refractivity contribution in [2.24, 2.45) is 4.99 Å². The number of nitrogens with one attached hydrogen (secondary N) is 2. The first-order chi connectivity index (χ1) is 14.7. The van der Waals surface area contributed by atoms with Crippen LogP contribution in [0.15, 0.2) is 52.1 Å². The number of furan rings is 1. The number of likely N-dealkylation sites (tertiary alicyclic amines) is 1. The summed E-state index contributed by atoms with van der Waals surface area (Å²) in [5.74, 6) is 1.89. The molecular weight excluding hydrogens is 374 g/mol. The van der Waals surface area contributed by atoms with Gasteiger partial charge in [-0.05, 0) is 63.2 Å². The molecule has 3 rings (SSSR count). The van der Waals surface area contributed by atoms with Crippen LogP contribution >= 0.6 is 0 Å². The highest BCUT2D eigenvalue weighted by atomic mass is 16.3. The van der Waals surface area contributed by atoms with Gasteiger partial charge in [0.25, 0.3) is 0 Å². The molecule has 2 N–H and O–H groups in total. The first kappa shape index (κ1) is 22.4. The van der Waals surface area contributed by atoms with Crippen LogP contribution in [0.25, 0.3) is 0 Å². The average Bonchev–Trinajstić information content (AvgIpc) is 3.42. The zero-order chi connectivity index (χ0) is 21.2. The second kappa shape index (κ2) is 11.8. The summed E-state index contributed by atoms with van der Waals surface area (Å²) >= 11 is 0. The van der Waals surface area contributed by atoms with E-state index in [-0.39, 0.29) is 0 Å². The summed E-state index contributed by atoms with van der Waals surface area (Å²) in [5, 5.41) is 6.96. The summed E-state index contributed by atoms with van der Waals surface area (Å²) in [7, 11) is 2.12. The lowest BCUT2D eigenvalue weighted by Gasteiger charge is -2.24. The predicted octanol–water partition coefficient (Wildman–Crippen LogP) is 3.45. The minimum Gasteiger partial charge on any atom is -0.468 e. The zero-order valence-electron chi connectivity index (χ0n) is 18.7. The quantitative estimate of drug-likeness (QED) is 0.463. The number of benzene rings is 1. The molecule has 1 atom stereocenters. The molecule has 1 aliphatic heterocycles. The smallest absolute Gasteiger partial charge is 0.191 e. The number of rotatable bonds is 10. The highest BCUT2D eigenvalue weighted by Crippen LogP contribution is 2.16. The Morgan fingerprint density at radius 2 is 1.97 bits per heavy atom. The minimum atomic E-state index is 0.612. The molecule has 1 fully saturated rings. The van der Waals surface area contributed by atoms with Crippen molar-refractivity contribution in [3.8, 4) is 0 Å². The second-order valence-electron chi connectivity index (χ2n) is 8.02. The summed E-state index contributed by atoms with van der Waals surface area (Å²) in [5.41, 5.74) is 2.57. The number of guanidine groups is 1. The summed E-state index contributed by atoms with van der Waals surface area (Å²) in [4.78, 5) is 9.70. The van der Waals surface area contributed by atoms with Gasteiger partial charge < -0.3 is 15.1 Å². The number of likely N-dealkylation sites (N-methyl/N-ethyl adjacent to an activating group) is 1. The van der Waals surface area contributed by atoms with Crippen LogP contribution in [0.4, 0.5) is 0 Å². The number of hydrogen-bond donors (Lipinski definition) is 2. The molecule has 30 heavy (non-hydrogen) atoms. The number of hydrogen-bond acceptors (Lipinski definition) is 4. The molecule has 0 amide bonds. The van der Waals surface area contributed by atoms with Crippen LogP contribution in [-0.2, 0) is 19.6 Å². The molecule has 164 valence electrons. The first-order valence-electron chi connectivity index (χ1n) is 11.2. The van der Waals surface area contributed by atoms with Gasteiger partial charge in [0.05, 0.1) is 19.4 Å². The summed E-state index contributed by atoms with van der Waals surface area (Å²) in [6.45, 7) is 10.8. The van der Waals surface area contributed by atoms with E-state index in [9.17, 15) is 0 Å². The number of nitrogens with zero attached hydrogens (tertiary/aromatic N) is 3. The maximum atomic E-state index is 5.48. The molecule has 1 aliphatic rings. The molecule has 6 nitrogen and oxygen atoms in total. The van der Waals surface area contributed by atoms with E-state index in [1.165, 1.54) is 30.5 Å². The second-order valence-corrected chi connectivity index (χ2v) is 8.02. The third-order valence-electron chi connectivity index (χ3n) is 5.73. The highest BCUT2D eigenvalue weighted by Gasteiger charge is 2.22. The molecule has 0 bridgehead atoms. The Balaban J connectivity index is 1.59. The molecule has 1 saturated heterocycles. The van der Waals surface area contributed by atoms with Gasteiger partial charge in [0, 0.05) is 25.7 Å². The van der Waals surface area contributed by atoms with Crippen LogP contribution in [-0.4, -0.2) is 55.0 Å². The van der Waals surface area contributed by atoms with Crippen LogP contribution < -0.4 is 10.6 Å². The van der Waals surface area contributed by atoms with Crippen molar-refractivity contribution in [3.05, 3.63) is 59.5 Å². The molecule has 2 heterocycles. The van der Waals surface area contributed by atoms with Gasteiger partial charge in [-0.15, -0.1) is 0 Å². The summed E-state index contributed by atoms with van der Waals surface area (Å²) in [6.07, 6.45) is 4.30. The maximum Gasteiger partial charge on any atom is 0.191 e. The lowest BCUT2D eigenvalue weighted by atomic mass is 10.1. The Hall–Kier alpha value is -2.31. The summed E-state index contributed by atoms with van der Waals surface area (Å²) in [6, 6.07) is 13.1. The van der Waals surface area contributed by atoms with Gasteiger partial charge in [-0.3, -0.25) is 9.80 Å². The molecule has 6 heteroatoms. The standard InChI is InChI=1S/C24H37N5O/c1-4-25-24(27-17-22-12-8-14-29(22)5-2)26-16-20-10-6-7-11-21(20)18-28(3)19-23-13-9-15-30-23/h6-7,9-11,13,15,22H,4-5,8,12,14,16-19H2,1-3H3,(H2,25,26,27). The zero-order valence-corrected chi connectivity index (χ0v) is 18.7. The van der Waals surface area contributed by atoms with E-state index < -0.39 is 0 Å². The van der Waals surface area contributed by atoms with Crippen molar-refractivity contribution in [2.75, 3.05) is 33.2 Å². The van der Waals surface area contributed by atoms with E-state index >= 15 is 0 Å². The molecule has 2 aromatic rings. The topological polar surface area (TPSA) is 56.0 Å². The van der Waals surface area contributed by atoms with Crippen LogP contribution in [0.3, 0.4) is 0 Å². The lowest BCUT2D eigenvalue weighted by molar-refractivity contribution is 0.267. The minimum absolute atomic E-state index is 0.612. The van der Waals surface area contributed by atoms with Gasteiger partial charge in [-0.2, -0.15) is 0 Å². The largest absolute Gasteiger partial charge is 0.468 e. The van der Waals surface area contributed by atoms with E-state index in [0.29, 0.717) is 12.6 Å². The molecular formula is C24H37N5O. The van der Waals surface area contributed by atoms with Gasteiger partial charge in [-0.1, -0.05) is 31.2 Å². The van der Waals surface area contributed by atoms with Crippen molar-refractivity contribution in [1.82, 2.24) is 20.4 Å². The SMILES string of the molecule is CCNC(=NCc1ccccc1CN(C)Cc1ccco1)NCC1CCCN1CC. The number of aliphatic imine (C=N–C) groups is 1. The molecule has 0 saturated carbocycles. The maximum absolute atomic E-state index is 5.48. The Labute approximate surface area is 181 Å². The molecule has 0 spiro atoms. The lowest BCUT2D eigenvalue weighted by Crippen LogP contribution is -2.44. The van der Waals surface area contributed by atoms with E-state index in [1.54, 1.807) is 6.26 Å². The van der Waals surface area contributed by atoms with E-state index in [2.05, 4.69) is 65.6 Å². The molecule has 0 radical (unpaired) electrons. The van der Waals surface area contributed by atoms with Crippen LogP contribution in [0.5, 0.6) is 0 Å². The normalized spacial score (nSPS) is 17.6. The Kier molecular flexibility index (Phi) is 8.78. The highest BCUT2D eigenvalue weighted by molar-refractivity contribution is 5.79. The van der Waals surface area contributed by atoms with Crippen molar-refractivity contribution in [1.29, 1.82) is 0 Å². The van der Waals surface area contributed by atoms with Gasteiger partial charge in [-0.25, -0.2) is 4.99 Å². The summed E-state index contributed by atoms with van der Waals surface area (Å²) < 4.78 is 5.48. The Morgan fingerprint density at radius 3 is 2.70 bits per heavy atom. The van der Waals surface area contributed by atoms with Gasteiger partial charge in [0.1, 0.15) is 5.76 Å². The van der Waals surface area contributed by atoms with Crippen molar-refractivity contribution >= 4 is 5.96 Å². The monoisotopic (exact) mass is 411 g/mol. The van der Waals surface area contributed by atoms with E-state index in [0.717, 1.165) is 44.4 Å². The van der Waals surface area contributed by atoms with Crippen molar-refractivity contribution in [3.63, 3.8) is 0 Å². The van der Waals surface area contributed by atoms with Crippen LogP contribution in [0, 0.1) is 0 Å². The van der Waals surface area contributed by atoms with Crippen LogP contribution in [0.1, 0.15) is 43.6 Å². The van der Waals surface area contributed by atoms with E-state index in [1.807, 2.05) is 12.1 Å². The fourth-order valence-electron chi connectivity index (χ4n) is 4.14. The van der Waals surface area contributed by atoms with Gasteiger partial charge in [0.2, 0.25) is 0 Å². The third-order valence-corrected chi connectivity index (χ3v) is 5.73. The predicted molar refractivity (Wildman–Crippen MR) is 123 cm³/mol. The fraction of sp³-hybridized carbons (Fsp3) is 0.542. The molecule has 1 aromatic carbocycles. The third kappa shape index (κ3) is 6.61. The van der Waals surface area contributed by atoms with Crippen LogP contribution in [0.2, 0.25) is 0 Å². The first-order valence-corrected chi connectivity index (χ1v) is 11.2.